The first-order chi connectivity index (χ1) is 6.38. The summed E-state index contributed by atoms with van der Waals surface area (Å²) in [6.45, 7) is 10.2. The van der Waals surface area contributed by atoms with E-state index in [1.807, 2.05) is 18.5 Å². The zero-order valence-corrected chi connectivity index (χ0v) is 9.37. The smallest absolute Gasteiger partial charge is 0.0770 e. The molecule has 0 amide bonds. The Balaban J connectivity index is 3.31. The molecule has 0 atom stereocenters. The van der Waals surface area contributed by atoms with Crippen LogP contribution in [-0.4, -0.2) is 21.2 Å². The highest BCUT2D eigenvalue weighted by Crippen LogP contribution is 2.19. The number of nitrogens with zero attached hydrogens (tertiary/aromatic N) is 3. The van der Waals surface area contributed by atoms with Gasteiger partial charge in [-0.15, -0.1) is 0 Å². The zero-order chi connectivity index (χ0) is 10.9. The van der Waals surface area contributed by atoms with Crippen LogP contribution in [0, 0.1) is 13.8 Å². The molecule has 0 unspecified atom stereocenters. The van der Waals surface area contributed by atoms with Crippen LogP contribution in [0.5, 0.6) is 0 Å². The molecule has 4 heteroatoms. The lowest BCUT2D eigenvalue weighted by molar-refractivity contribution is 0.321. The van der Waals surface area contributed by atoms with Gasteiger partial charge >= 0.3 is 0 Å². The number of aryl methyl sites for hydroxylation is 1. The zero-order valence-electron chi connectivity index (χ0n) is 9.37. The number of hydrogen-bond acceptors (Lipinski definition) is 3. The Hall–Kier alpha value is -1.32. The molecule has 1 aromatic heterocycles. The molecule has 0 saturated carbocycles. The molecule has 0 radical (unpaired) electrons. The van der Waals surface area contributed by atoms with Crippen LogP contribution in [0.4, 0.5) is 0 Å². The molecule has 0 aromatic carbocycles. The van der Waals surface area contributed by atoms with Crippen molar-refractivity contribution in [3.63, 3.8) is 0 Å². The first-order valence-electron chi connectivity index (χ1n) is 4.62. The molecular formula is C10H17N3O. The van der Waals surface area contributed by atoms with Crippen molar-refractivity contribution in [1.29, 1.82) is 0 Å². The SMILES string of the molecule is Cc1nn(C(C)(C)C)c(C)c1/C=N\O. The monoisotopic (exact) mass is 195 g/mol. The Morgan fingerprint density at radius 1 is 1.36 bits per heavy atom. The fourth-order valence-corrected chi connectivity index (χ4v) is 1.55. The van der Waals surface area contributed by atoms with Crippen LogP contribution in [-0.2, 0) is 5.54 Å². The third kappa shape index (κ3) is 1.78. The van der Waals surface area contributed by atoms with Gasteiger partial charge in [0.2, 0.25) is 0 Å². The third-order valence-electron chi connectivity index (χ3n) is 2.17. The number of oxime groups is 1. The Morgan fingerprint density at radius 3 is 2.29 bits per heavy atom. The summed E-state index contributed by atoms with van der Waals surface area (Å²) in [5.74, 6) is 0. The summed E-state index contributed by atoms with van der Waals surface area (Å²) in [6.07, 6.45) is 1.43. The molecule has 0 saturated heterocycles. The van der Waals surface area contributed by atoms with Crippen molar-refractivity contribution < 1.29 is 5.21 Å². The normalized spacial score (nSPS) is 12.6. The van der Waals surface area contributed by atoms with Gasteiger partial charge in [0, 0.05) is 11.3 Å². The van der Waals surface area contributed by atoms with Gasteiger partial charge in [0.05, 0.1) is 17.4 Å². The highest BCUT2D eigenvalue weighted by Gasteiger charge is 2.19. The van der Waals surface area contributed by atoms with Crippen molar-refractivity contribution >= 4 is 6.21 Å². The lowest BCUT2D eigenvalue weighted by Gasteiger charge is -2.21. The van der Waals surface area contributed by atoms with Crippen molar-refractivity contribution in [2.45, 2.75) is 40.2 Å². The van der Waals surface area contributed by atoms with Gasteiger partial charge in [0.15, 0.2) is 0 Å². The van der Waals surface area contributed by atoms with E-state index in [1.165, 1.54) is 6.21 Å². The maximum Gasteiger partial charge on any atom is 0.0770 e. The molecular weight excluding hydrogens is 178 g/mol. The van der Waals surface area contributed by atoms with Crippen molar-refractivity contribution in [1.82, 2.24) is 9.78 Å². The van der Waals surface area contributed by atoms with Crippen LogP contribution in [0.2, 0.25) is 0 Å². The Morgan fingerprint density at radius 2 is 1.93 bits per heavy atom. The molecule has 0 aliphatic heterocycles. The van der Waals surface area contributed by atoms with E-state index in [1.54, 1.807) is 0 Å². The molecule has 0 aliphatic rings. The average molecular weight is 195 g/mol. The highest BCUT2D eigenvalue weighted by molar-refractivity contribution is 5.82. The molecule has 1 aromatic rings. The van der Waals surface area contributed by atoms with E-state index in [0.717, 1.165) is 17.0 Å². The highest BCUT2D eigenvalue weighted by atomic mass is 16.4. The maximum atomic E-state index is 8.51. The minimum Gasteiger partial charge on any atom is -0.411 e. The summed E-state index contributed by atoms with van der Waals surface area (Å²) in [6, 6.07) is 0. The summed E-state index contributed by atoms with van der Waals surface area (Å²) >= 11 is 0. The summed E-state index contributed by atoms with van der Waals surface area (Å²) in [7, 11) is 0. The molecule has 14 heavy (non-hydrogen) atoms. The van der Waals surface area contributed by atoms with Gasteiger partial charge in [-0.1, -0.05) is 5.16 Å². The summed E-state index contributed by atoms with van der Waals surface area (Å²) in [5, 5.41) is 16.0. The van der Waals surface area contributed by atoms with Crippen LogP contribution in [0.15, 0.2) is 5.16 Å². The minimum absolute atomic E-state index is 0.0452. The second-order valence-corrected chi connectivity index (χ2v) is 4.41. The van der Waals surface area contributed by atoms with Crippen LogP contribution >= 0.6 is 0 Å². The second kappa shape index (κ2) is 3.44. The van der Waals surface area contributed by atoms with Gasteiger partial charge in [-0.05, 0) is 34.6 Å². The van der Waals surface area contributed by atoms with Crippen LogP contribution in [0.3, 0.4) is 0 Å². The quantitative estimate of drug-likeness (QED) is 0.423. The van der Waals surface area contributed by atoms with Crippen LogP contribution in [0.1, 0.15) is 37.7 Å². The van der Waals surface area contributed by atoms with Crippen LogP contribution < -0.4 is 0 Å². The summed E-state index contributed by atoms with van der Waals surface area (Å²) in [5.41, 5.74) is 2.75. The maximum absolute atomic E-state index is 8.51. The van der Waals surface area contributed by atoms with Crippen molar-refractivity contribution in [3.05, 3.63) is 17.0 Å². The lowest BCUT2D eigenvalue weighted by Crippen LogP contribution is -2.24. The number of rotatable bonds is 1. The van der Waals surface area contributed by atoms with Crippen molar-refractivity contribution in [2.75, 3.05) is 0 Å². The molecule has 1 rings (SSSR count). The van der Waals surface area contributed by atoms with Crippen molar-refractivity contribution in [2.24, 2.45) is 5.16 Å². The number of aromatic nitrogens is 2. The standard InChI is InChI=1S/C10H17N3O/c1-7-9(6-11-14)8(2)13(12-7)10(3,4)5/h6,14H,1-5H3/b11-6-. The molecule has 0 bridgehead atoms. The van der Waals surface area contributed by atoms with E-state index < -0.39 is 0 Å². The van der Waals surface area contributed by atoms with Gasteiger partial charge in [-0.3, -0.25) is 4.68 Å². The van der Waals surface area contributed by atoms with Gasteiger partial charge in [-0.25, -0.2) is 0 Å². The largest absolute Gasteiger partial charge is 0.411 e. The van der Waals surface area contributed by atoms with E-state index in [0.29, 0.717) is 0 Å². The topological polar surface area (TPSA) is 50.4 Å². The van der Waals surface area contributed by atoms with E-state index >= 15 is 0 Å². The van der Waals surface area contributed by atoms with E-state index in [9.17, 15) is 0 Å². The number of hydrogen-bond donors (Lipinski definition) is 1. The van der Waals surface area contributed by atoms with E-state index in [2.05, 4.69) is 31.0 Å². The second-order valence-electron chi connectivity index (χ2n) is 4.41. The first kappa shape index (κ1) is 10.8. The van der Waals surface area contributed by atoms with Gasteiger partial charge in [0.1, 0.15) is 0 Å². The molecule has 4 nitrogen and oxygen atoms in total. The Labute approximate surface area is 84.2 Å². The minimum atomic E-state index is -0.0452. The summed E-state index contributed by atoms with van der Waals surface area (Å²) < 4.78 is 1.94. The third-order valence-corrected chi connectivity index (χ3v) is 2.17. The first-order valence-corrected chi connectivity index (χ1v) is 4.62. The summed E-state index contributed by atoms with van der Waals surface area (Å²) in [4.78, 5) is 0. The molecule has 1 N–H and O–H groups in total. The van der Waals surface area contributed by atoms with Gasteiger partial charge in [0.25, 0.3) is 0 Å². The van der Waals surface area contributed by atoms with Gasteiger partial charge < -0.3 is 5.21 Å². The Bertz CT molecular complexity index is 358. The van der Waals surface area contributed by atoms with Crippen molar-refractivity contribution in [3.8, 4) is 0 Å². The lowest BCUT2D eigenvalue weighted by atomic mass is 10.1. The fraction of sp³-hybridized carbons (Fsp3) is 0.600. The molecule has 0 fully saturated rings. The van der Waals surface area contributed by atoms with E-state index in [-0.39, 0.29) is 5.54 Å². The average Bonchev–Trinajstić information content (AvgIpc) is 2.31. The molecule has 0 aliphatic carbocycles. The van der Waals surface area contributed by atoms with Gasteiger partial charge in [-0.2, -0.15) is 5.10 Å². The molecule has 0 spiro atoms. The Kier molecular flexibility index (Phi) is 2.64. The fourth-order valence-electron chi connectivity index (χ4n) is 1.55. The van der Waals surface area contributed by atoms with E-state index in [4.69, 9.17) is 5.21 Å². The predicted octanol–water partition coefficient (Wildman–Crippen LogP) is 2.06. The predicted molar refractivity (Wildman–Crippen MR) is 56.1 cm³/mol. The van der Waals surface area contributed by atoms with Crippen LogP contribution in [0.25, 0.3) is 0 Å². The molecule has 78 valence electrons. The molecule has 1 heterocycles.